The Morgan fingerprint density at radius 2 is 1.90 bits per heavy atom. The number of aromatic nitrogens is 2. The molecule has 0 aliphatic carbocycles. The Morgan fingerprint density at radius 3 is 2.55 bits per heavy atom. The van der Waals surface area contributed by atoms with E-state index in [1.54, 1.807) is 0 Å². The molecule has 0 radical (unpaired) electrons. The Labute approximate surface area is 121 Å². The lowest BCUT2D eigenvalue weighted by Crippen LogP contribution is -2.15. The second-order valence-electron chi connectivity index (χ2n) is 5.57. The van der Waals surface area contributed by atoms with E-state index in [4.69, 9.17) is 0 Å². The lowest BCUT2D eigenvalue weighted by Gasteiger charge is -2.11. The fourth-order valence-electron chi connectivity index (χ4n) is 2.37. The summed E-state index contributed by atoms with van der Waals surface area (Å²) in [5, 5.41) is 10.7. The predicted octanol–water partition coefficient (Wildman–Crippen LogP) is 2.38. The molecule has 2 aromatic rings. The van der Waals surface area contributed by atoms with Crippen LogP contribution in [0.15, 0.2) is 24.3 Å². The molecule has 1 heterocycles. The second-order valence-corrected chi connectivity index (χ2v) is 5.57. The van der Waals surface area contributed by atoms with Gasteiger partial charge < -0.3 is 10.2 Å². The lowest BCUT2D eigenvalue weighted by atomic mass is 10.1. The highest BCUT2D eigenvalue weighted by Gasteiger charge is 2.05. The molecule has 4 nitrogen and oxygen atoms in total. The summed E-state index contributed by atoms with van der Waals surface area (Å²) in [5.41, 5.74) is 6.18. The average Bonchev–Trinajstić information content (AvgIpc) is 2.70. The van der Waals surface area contributed by atoms with Gasteiger partial charge in [0.25, 0.3) is 0 Å². The maximum Gasteiger partial charge on any atom is 0.0638 e. The molecule has 1 aromatic carbocycles. The monoisotopic (exact) mass is 272 g/mol. The minimum atomic E-state index is 0.853. The molecule has 108 valence electrons. The van der Waals surface area contributed by atoms with Crippen molar-refractivity contribution in [3.8, 4) is 0 Å². The molecular weight excluding hydrogens is 248 g/mol. The molecule has 0 fully saturated rings. The van der Waals surface area contributed by atoms with Crippen LogP contribution in [0.1, 0.15) is 28.1 Å². The molecule has 0 bridgehead atoms. The van der Waals surface area contributed by atoms with E-state index in [0.29, 0.717) is 0 Å². The van der Waals surface area contributed by atoms with Gasteiger partial charge in [0, 0.05) is 30.9 Å². The topological polar surface area (TPSA) is 44.0 Å². The molecule has 0 amide bonds. The molecule has 0 spiro atoms. The smallest absolute Gasteiger partial charge is 0.0638 e. The average molecular weight is 272 g/mol. The fraction of sp³-hybridized carbons (Fsp3) is 0.438. The Bertz CT molecular complexity index is 538. The van der Waals surface area contributed by atoms with Crippen LogP contribution >= 0.6 is 0 Å². The van der Waals surface area contributed by atoms with Gasteiger partial charge in [0.2, 0.25) is 0 Å². The molecule has 2 rings (SSSR count). The molecule has 4 heteroatoms. The van der Waals surface area contributed by atoms with Crippen molar-refractivity contribution in [2.45, 2.75) is 33.5 Å². The van der Waals surface area contributed by atoms with Crippen LogP contribution < -0.4 is 5.32 Å². The van der Waals surface area contributed by atoms with Gasteiger partial charge in [-0.1, -0.05) is 24.3 Å². The highest BCUT2D eigenvalue weighted by Crippen LogP contribution is 2.10. The van der Waals surface area contributed by atoms with E-state index >= 15 is 0 Å². The zero-order chi connectivity index (χ0) is 14.5. The first-order chi connectivity index (χ1) is 9.56. The Hall–Kier alpha value is -1.65. The van der Waals surface area contributed by atoms with Crippen LogP contribution in [-0.2, 0) is 19.6 Å². The number of nitrogens with zero attached hydrogens (tertiary/aromatic N) is 2. The minimum Gasteiger partial charge on any atom is -0.308 e. The van der Waals surface area contributed by atoms with Crippen molar-refractivity contribution in [3.63, 3.8) is 0 Å². The van der Waals surface area contributed by atoms with Gasteiger partial charge in [0.15, 0.2) is 0 Å². The summed E-state index contributed by atoms with van der Waals surface area (Å²) >= 11 is 0. The van der Waals surface area contributed by atoms with Gasteiger partial charge in [-0.2, -0.15) is 5.10 Å². The first-order valence-electron chi connectivity index (χ1n) is 7.00. The molecular formula is C16H24N4. The molecule has 0 unspecified atom stereocenters. The molecule has 0 saturated carbocycles. The molecule has 20 heavy (non-hydrogen) atoms. The van der Waals surface area contributed by atoms with E-state index in [1.807, 2.05) is 6.92 Å². The number of aryl methyl sites for hydroxylation is 2. The second kappa shape index (κ2) is 6.68. The van der Waals surface area contributed by atoms with Gasteiger partial charge in [-0.05, 0) is 39.1 Å². The van der Waals surface area contributed by atoms with Crippen LogP contribution in [-0.4, -0.2) is 29.2 Å². The maximum atomic E-state index is 4.22. The quantitative estimate of drug-likeness (QED) is 0.848. The summed E-state index contributed by atoms with van der Waals surface area (Å²) in [4.78, 5) is 2.19. The molecule has 1 aromatic heterocycles. The normalized spacial score (nSPS) is 11.2. The van der Waals surface area contributed by atoms with Gasteiger partial charge in [-0.3, -0.25) is 5.10 Å². The number of hydrogen-bond acceptors (Lipinski definition) is 3. The number of benzene rings is 1. The van der Waals surface area contributed by atoms with Gasteiger partial charge in [-0.15, -0.1) is 0 Å². The zero-order valence-corrected chi connectivity index (χ0v) is 12.8. The van der Waals surface area contributed by atoms with E-state index in [9.17, 15) is 0 Å². The van der Waals surface area contributed by atoms with Crippen molar-refractivity contribution in [1.82, 2.24) is 20.4 Å². The third-order valence-electron chi connectivity index (χ3n) is 3.40. The minimum absolute atomic E-state index is 0.853. The van der Waals surface area contributed by atoms with E-state index in [-0.39, 0.29) is 0 Å². The van der Waals surface area contributed by atoms with Crippen LogP contribution in [0.25, 0.3) is 0 Å². The Kier molecular flexibility index (Phi) is 4.93. The van der Waals surface area contributed by atoms with Crippen molar-refractivity contribution < 1.29 is 0 Å². The lowest BCUT2D eigenvalue weighted by molar-refractivity contribution is 0.402. The Balaban J connectivity index is 1.91. The Morgan fingerprint density at radius 1 is 1.15 bits per heavy atom. The van der Waals surface area contributed by atoms with Crippen molar-refractivity contribution in [2.24, 2.45) is 0 Å². The molecule has 0 saturated heterocycles. The predicted molar refractivity (Wildman–Crippen MR) is 82.4 cm³/mol. The van der Waals surface area contributed by atoms with Crippen LogP contribution in [0.4, 0.5) is 0 Å². The standard InChI is InChI=1S/C16H24N4/c1-12-16(13(2)19-18-12)10-17-9-14-6-5-7-15(8-14)11-20(3)4/h5-8,17H,9-11H2,1-4H3,(H,18,19). The largest absolute Gasteiger partial charge is 0.308 e. The molecule has 0 atom stereocenters. The molecule has 0 aliphatic heterocycles. The van der Waals surface area contributed by atoms with Crippen molar-refractivity contribution in [1.29, 1.82) is 0 Å². The summed E-state index contributed by atoms with van der Waals surface area (Å²) in [6.45, 7) is 6.82. The highest BCUT2D eigenvalue weighted by molar-refractivity contribution is 5.25. The number of H-pyrrole nitrogens is 1. The van der Waals surface area contributed by atoms with Gasteiger partial charge in [-0.25, -0.2) is 0 Å². The highest BCUT2D eigenvalue weighted by atomic mass is 15.1. The van der Waals surface area contributed by atoms with Crippen LogP contribution in [0.3, 0.4) is 0 Å². The summed E-state index contributed by atoms with van der Waals surface area (Å²) in [7, 11) is 4.19. The van der Waals surface area contributed by atoms with E-state index < -0.39 is 0 Å². The van der Waals surface area contributed by atoms with Crippen LogP contribution in [0.5, 0.6) is 0 Å². The summed E-state index contributed by atoms with van der Waals surface area (Å²) in [6.07, 6.45) is 0. The fourth-order valence-corrected chi connectivity index (χ4v) is 2.37. The van der Waals surface area contributed by atoms with Crippen molar-refractivity contribution in [3.05, 3.63) is 52.3 Å². The van der Waals surface area contributed by atoms with Gasteiger partial charge in [0.05, 0.1) is 5.69 Å². The van der Waals surface area contributed by atoms with E-state index in [2.05, 4.69) is 65.7 Å². The number of aromatic amines is 1. The molecule has 2 N–H and O–H groups in total. The third-order valence-corrected chi connectivity index (χ3v) is 3.40. The maximum absolute atomic E-state index is 4.22. The molecule has 0 aliphatic rings. The van der Waals surface area contributed by atoms with Crippen LogP contribution in [0, 0.1) is 13.8 Å². The number of rotatable bonds is 6. The summed E-state index contributed by atoms with van der Waals surface area (Å²) in [5.74, 6) is 0. The number of nitrogens with one attached hydrogen (secondary N) is 2. The van der Waals surface area contributed by atoms with Gasteiger partial charge in [0.1, 0.15) is 0 Å². The summed E-state index contributed by atoms with van der Waals surface area (Å²) < 4.78 is 0. The zero-order valence-electron chi connectivity index (χ0n) is 12.8. The van der Waals surface area contributed by atoms with E-state index in [1.165, 1.54) is 16.7 Å². The first-order valence-corrected chi connectivity index (χ1v) is 7.00. The third kappa shape index (κ3) is 3.92. The van der Waals surface area contributed by atoms with Crippen molar-refractivity contribution in [2.75, 3.05) is 14.1 Å². The SMILES string of the molecule is Cc1n[nH]c(C)c1CNCc1cccc(CN(C)C)c1. The summed E-state index contributed by atoms with van der Waals surface area (Å²) in [6, 6.07) is 8.74. The first kappa shape index (κ1) is 14.8. The number of hydrogen-bond donors (Lipinski definition) is 2. The van der Waals surface area contributed by atoms with E-state index in [0.717, 1.165) is 31.0 Å². The van der Waals surface area contributed by atoms with Gasteiger partial charge >= 0.3 is 0 Å². The van der Waals surface area contributed by atoms with Crippen molar-refractivity contribution >= 4 is 0 Å². The van der Waals surface area contributed by atoms with Crippen LogP contribution in [0.2, 0.25) is 0 Å².